The third-order valence-electron chi connectivity index (χ3n) is 8.45. The van der Waals surface area contributed by atoms with Gasteiger partial charge in [0.2, 0.25) is 0 Å². The highest BCUT2D eigenvalue weighted by Crippen LogP contribution is 2.65. The maximum absolute atomic E-state index is 13.0. The molecule has 0 unspecified atom stereocenters. The topological polar surface area (TPSA) is 43.4 Å². The van der Waals surface area contributed by atoms with Crippen molar-refractivity contribution in [2.45, 2.75) is 78.1 Å². The second-order valence-corrected chi connectivity index (χ2v) is 9.42. The number of carbonyl (C=O) groups excluding carboxylic acids is 2. The number of esters is 1. The Bertz CT molecular complexity index is 541. The van der Waals surface area contributed by atoms with E-state index in [0.717, 1.165) is 12.8 Å². The van der Waals surface area contributed by atoms with E-state index in [9.17, 15) is 9.59 Å². The smallest absolute Gasteiger partial charge is 0.302 e. The summed E-state index contributed by atoms with van der Waals surface area (Å²) >= 11 is 0. The van der Waals surface area contributed by atoms with Crippen LogP contribution < -0.4 is 0 Å². The SMILES string of the molecule is CC(=O)OC[C@@]12CCC[C@H]1[C@@H]1CC(=O)[C@H]3CCCC[C@]3(C)[C@H]1CC2. The zero-order valence-electron chi connectivity index (χ0n) is 15.3. The van der Waals surface area contributed by atoms with E-state index in [-0.39, 0.29) is 16.8 Å². The predicted octanol–water partition coefficient (Wildman–Crippen LogP) is 4.53. The Balaban J connectivity index is 1.62. The first-order valence-electron chi connectivity index (χ1n) is 10.1. The van der Waals surface area contributed by atoms with Crippen LogP contribution in [0.1, 0.15) is 78.1 Å². The summed E-state index contributed by atoms with van der Waals surface area (Å²) in [6.07, 6.45) is 11.8. The molecule has 3 heteroatoms. The number of Topliss-reactive ketones (excluding diaryl/α,β-unsaturated/α-hetero) is 1. The van der Waals surface area contributed by atoms with Crippen LogP contribution in [-0.4, -0.2) is 18.4 Å². The first kappa shape index (κ1) is 16.6. The van der Waals surface area contributed by atoms with Gasteiger partial charge in [0.25, 0.3) is 0 Å². The molecule has 0 amide bonds. The van der Waals surface area contributed by atoms with E-state index in [1.807, 2.05) is 0 Å². The van der Waals surface area contributed by atoms with Gasteiger partial charge in [-0.15, -0.1) is 0 Å². The zero-order chi connectivity index (χ0) is 16.9. The fourth-order valence-corrected chi connectivity index (χ4v) is 7.39. The van der Waals surface area contributed by atoms with Gasteiger partial charge in [-0.2, -0.15) is 0 Å². The van der Waals surface area contributed by atoms with Gasteiger partial charge in [-0.3, -0.25) is 9.59 Å². The molecule has 4 saturated carbocycles. The van der Waals surface area contributed by atoms with Gasteiger partial charge in [0.1, 0.15) is 5.78 Å². The molecular weight excluding hydrogens is 300 g/mol. The third kappa shape index (κ3) is 2.37. The van der Waals surface area contributed by atoms with Crippen molar-refractivity contribution in [1.29, 1.82) is 0 Å². The lowest BCUT2D eigenvalue weighted by atomic mass is 9.45. The monoisotopic (exact) mass is 332 g/mol. The molecule has 6 atom stereocenters. The summed E-state index contributed by atoms with van der Waals surface area (Å²) in [6.45, 7) is 4.54. The fourth-order valence-electron chi connectivity index (χ4n) is 7.39. The predicted molar refractivity (Wildman–Crippen MR) is 92.3 cm³/mol. The van der Waals surface area contributed by atoms with Crippen molar-refractivity contribution in [2.24, 2.45) is 34.5 Å². The Kier molecular flexibility index (Phi) is 4.04. The standard InChI is InChI=1S/C21H32O3/c1-14(22)24-13-21-10-5-7-17(21)15-12-19(23)18-6-3-4-9-20(18,2)16(15)8-11-21/h15-18H,3-13H2,1-2H3/t15-,16+,17+,18-,20-,21+/m1/s1. The molecule has 0 spiro atoms. The van der Waals surface area contributed by atoms with Gasteiger partial charge < -0.3 is 4.74 Å². The van der Waals surface area contributed by atoms with Crippen LogP contribution >= 0.6 is 0 Å². The first-order valence-corrected chi connectivity index (χ1v) is 10.1. The van der Waals surface area contributed by atoms with Crippen LogP contribution in [0.3, 0.4) is 0 Å². The van der Waals surface area contributed by atoms with Gasteiger partial charge in [0, 0.05) is 24.7 Å². The number of ether oxygens (including phenoxy) is 1. The maximum atomic E-state index is 13.0. The Labute approximate surface area is 145 Å². The molecule has 4 rings (SSSR count). The quantitative estimate of drug-likeness (QED) is 0.698. The van der Waals surface area contributed by atoms with Gasteiger partial charge in [0.15, 0.2) is 0 Å². The molecule has 24 heavy (non-hydrogen) atoms. The highest BCUT2D eigenvalue weighted by molar-refractivity contribution is 5.83. The molecule has 0 heterocycles. The number of ketones is 1. The second kappa shape index (κ2) is 5.85. The molecule has 0 aromatic carbocycles. The Morgan fingerprint density at radius 3 is 2.71 bits per heavy atom. The number of rotatable bonds is 2. The van der Waals surface area contributed by atoms with E-state index in [1.54, 1.807) is 0 Å². The molecular formula is C21H32O3. The number of hydrogen-bond acceptors (Lipinski definition) is 3. The van der Waals surface area contributed by atoms with Crippen molar-refractivity contribution in [1.82, 2.24) is 0 Å². The number of fused-ring (bicyclic) bond motifs is 5. The van der Waals surface area contributed by atoms with E-state index in [4.69, 9.17) is 4.74 Å². The largest absolute Gasteiger partial charge is 0.465 e. The van der Waals surface area contributed by atoms with Gasteiger partial charge in [0.05, 0.1) is 6.61 Å². The van der Waals surface area contributed by atoms with E-state index in [2.05, 4.69) is 6.92 Å². The Hall–Kier alpha value is -0.860. The Morgan fingerprint density at radius 1 is 1.08 bits per heavy atom. The maximum Gasteiger partial charge on any atom is 0.302 e. The molecule has 0 aliphatic heterocycles. The molecule has 4 aliphatic rings. The Morgan fingerprint density at radius 2 is 1.92 bits per heavy atom. The fraction of sp³-hybridized carbons (Fsp3) is 0.905. The third-order valence-corrected chi connectivity index (χ3v) is 8.45. The molecule has 0 bridgehead atoms. The van der Waals surface area contributed by atoms with Gasteiger partial charge in [-0.25, -0.2) is 0 Å². The molecule has 4 aliphatic carbocycles. The highest BCUT2D eigenvalue weighted by atomic mass is 16.5. The van der Waals surface area contributed by atoms with Crippen LogP contribution in [-0.2, 0) is 14.3 Å². The van der Waals surface area contributed by atoms with Crippen LogP contribution in [0.25, 0.3) is 0 Å². The van der Waals surface area contributed by atoms with Crippen molar-refractivity contribution in [3.05, 3.63) is 0 Å². The molecule has 134 valence electrons. The molecule has 0 radical (unpaired) electrons. The van der Waals surface area contributed by atoms with Crippen molar-refractivity contribution >= 4 is 11.8 Å². The zero-order valence-corrected chi connectivity index (χ0v) is 15.3. The molecule has 3 nitrogen and oxygen atoms in total. The molecule has 0 aromatic heterocycles. The summed E-state index contributed by atoms with van der Waals surface area (Å²) in [5.41, 5.74) is 0.416. The molecule has 4 fully saturated rings. The van der Waals surface area contributed by atoms with Crippen molar-refractivity contribution in [2.75, 3.05) is 6.61 Å². The average molecular weight is 332 g/mol. The molecule has 0 saturated heterocycles. The summed E-state index contributed by atoms with van der Waals surface area (Å²) in [5.74, 6) is 2.58. The minimum absolute atomic E-state index is 0.156. The lowest BCUT2D eigenvalue weighted by Crippen LogP contribution is -2.56. The summed E-state index contributed by atoms with van der Waals surface area (Å²) in [6, 6.07) is 0. The minimum Gasteiger partial charge on any atom is -0.465 e. The lowest BCUT2D eigenvalue weighted by molar-refractivity contribution is -0.162. The van der Waals surface area contributed by atoms with Crippen molar-refractivity contribution in [3.63, 3.8) is 0 Å². The second-order valence-electron chi connectivity index (χ2n) is 9.42. The van der Waals surface area contributed by atoms with Crippen LogP contribution in [0.15, 0.2) is 0 Å². The minimum atomic E-state index is -0.156. The van der Waals surface area contributed by atoms with Gasteiger partial charge >= 0.3 is 5.97 Å². The summed E-state index contributed by atoms with van der Waals surface area (Å²) in [7, 11) is 0. The normalized spacial score (nSPS) is 47.5. The lowest BCUT2D eigenvalue weighted by Gasteiger charge is -2.59. The van der Waals surface area contributed by atoms with E-state index < -0.39 is 0 Å². The highest BCUT2D eigenvalue weighted by Gasteiger charge is 2.60. The van der Waals surface area contributed by atoms with Crippen LogP contribution in [0, 0.1) is 34.5 Å². The van der Waals surface area contributed by atoms with E-state index >= 15 is 0 Å². The first-order chi connectivity index (χ1) is 11.5. The number of carbonyl (C=O) groups is 2. The molecule has 0 N–H and O–H groups in total. The number of hydrogen-bond donors (Lipinski definition) is 0. The van der Waals surface area contributed by atoms with Crippen LogP contribution in [0.4, 0.5) is 0 Å². The van der Waals surface area contributed by atoms with E-state index in [1.165, 1.54) is 58.3 Å². The van der Waals surface area contributed by atoms with Gasteiger partial charge in [-0.1, -0.05) is 26.2 Å². The summed E-state index contributed by atoms with van der Waals surface area (Å²) < 4.78 is 5.50. The van der Waals surface area contributed by atoms with Crippen LogP contribution in [0.5, 0.6) is 0 Å². The van der Waals surface area contributed by atoms with Crippen LogP contribution in [0.2, 0.25) is 0 Å². The van der Waals surface area contributed by atoms with E-state index in [0.29, 0.717) is 36.1 Å². The summed E-state index contributed by atoms with van der Waals surface area (Å²) in [5, 5.41) is 0. The van der Waals surface area contributed by atoms with Gasteiger partial charge in [-0.05, 0) is 61.7 Å². The van der Waals surface area contributed by atoms with Crippen molar-refractivity contribution in [3.8, 4) is 0 Å². The summed E-state index contributed by atoms with van der Waals surface area (Å²) in [4.78, 5) is 24.3. The van der Waals surface area contributed by atoms with Crippen molar-refractivity contribution < 1.29 is 14.3 Å². The average Bonchev–Trinajstić information content (AvgIpc) is 2.98. The molecule has 0 aromatic rings.